The van der Waals surface area contributed by atoms with E-state index in [9.17, 15) is 13.2 Å². The Morgan fingerprint density at radius 3 is 2.19 bits per heavy atom. The predicted octanol–water partition coefficient (Wildman–Crippen LogP) is 3.08. The number of hydrogen-bond donors (Lipinski definition) is 2. The van der Waals surface area contributed by atoms with Crippen LogP contribution in [-0.2, 0) is 21.4 Å². The Balaban J connectivity index is 1.81. The van der Waals surface area contributed by atoms with E-state index in [0.29, 0.717) is 12.1 Å². The van der Waals surface area contributed by atoms with Crippen molar-refractivity contribution in [1.29, 1.82) is 0 Å². The van der Waals surface area contributed by atoms with E-state index in [4.69, 9.17) is 0 Å². The van der Waals surface area contributed by atoms with Gasteiger partial charge in [0.15, 0.2) is 0 Å². The van der Waals surface area contributed by atoms with Crippen LogP contribution in [0.5, 0.6) is 0 Å². The van der Waals surface area contributed by atoms with Gasteiger partial charge in [-0.1, -0.05) is 66.7 Å². The van der Waals surface area contributed by atoms with Crippen molar-refractivity contribution in [3.05, 3.63) is 89.3 Å². The van der Waals surface area contributed by atoms with Crippen LogP contribution < -0.4 is 10.0 Å². The second-order valence-corrected chi connectivity index (χ2v) is 8.49. The Hall–Kier alpha value is -2.48. The molecule has 134 valence electrons. The number of thiophene rings is 1. The molecule has 2 N–H and O–H groups in total. The first-order valence-electron chi connectivity index (χ1n) is 7.99. The van der Waals surface area contributed by atoms with E-state index in [1.165, 1.54) is 6.07 Å². The van der Waals surface area contributed by atoms with Crippen LogP contribution in [0.4, 0.5) is 0 Å². The summed E-state index contributed by atoms with van der Waals surface area (Å²) in [5.74, 6) is -0.403. The second kappa shape index (κ2) is 8.27. The molecular weight excluding hydrogens is 368 g/mol. The molecule has 1 heterocycles. The third-order valence-electron chi connectivity index (χ3n) is 3.74. The molecule has 26 heavy (non-hydrogen) atoms. The molecule has 0 aliphatic heterocycles. The zero-order valence-electron chi connectivity index (χ0n) is 13.8. The molecule has 0 aliphatic carbocycles. The SMILES string of the molecule is O=C(NCc1ccccc1)C(NS(=O)(=O)c1cccs1)c1ccccc1. The molecule has 7 heteroatoms. The molecule has 0 aliphatic rings. The van der Waals surface area contributed by atoms with Crippen LogP contribution in [0.1, 0.15) is 17.2 Å². The first-order chi connectivity index (χ1) is 12.6. The molecule has 1 amide bonds. The molecule has 0 spiro atoms. The molecule has 0 saturated heterocycles. The van der Waals surface area contributed by atoms with Crippen LogP contribution in [0.25, 0.3) is 0 Å². The van der Waals surface area contributed by atoms with E-state index in [0.717, 1.165) is 16.9 Å². The largest absolute Gasteiger partial charge is 0.350 e. The van der Waals surface area contributed by atoms with Crippen LogP contribution in [0.2, 0.25) is 0 Å². The quantitative estimate of drug-likeness (QED) is 0.655. The van der Waals surface area contributed by atoms with E-state index < -0.39 is 22.0 Å². The number of nitrogens with one attached hydrogen (secondary N) is 2. The summed E-state index contributed by atoms with van der Waals surface area (Å²) in [6, 6.07) is 20.4. The lowest BCUT2D eigenvalue weighted by Crippen LogP contribution is -2.39. The number of carbonyl (C=O) groups is 1. The average Bonchev–Trinajstić information content (AvgIpc) is 3.22. The van der Waals surface area contributed by atoms with Crippen molar-refractivity contribution in [2.75, 3.05) is 0 Å². The summed E-state index contributed by atoms with van der Waals surface area (Å²) in [6.07, 6.45) is 0. The van der Waals surface area contributed by atoms with Gasteiger partial charge in [-0.05, 0) is 22.6 Å². The van der Waals surface area contributed by atoms with Gasteiger partial charge in [-0.2, -0.15) is 4.72 Å². The van der Waals surface area contributed by atoms with Crippen molar-refractivity contribution in [1.82, 2.24) is 10.0 Å². The van der Waals surface area contributed by atoms with Crippen molar-refractivity contribution in [3.8, 4) is 0 Å². The Bertz CT molecular complexity index is 941. The van der Waals surface area contributed by atoms with Gasteiger partial charge in [-0.15, -0.1) is 11.3 Å². The molecule has 0 saturated carbocycles. The fourth-order valence-corrected chi connectivity index (χ4v) is 4.63. The fourth-order valence-electron chi connectivity index (χ4n) is 2.44. The van der Waals surface area contributed by atoms with Gasteiger partial charge in [-0.3, -0.25) is 4.79 Å². The lowest BCUT2D eigenvalue weighted by molar-refractivity contribution is -0.123. The first-order valence-corrected chi connectivity index (χ1v) is 10.3. The second-order valence-electron chi connectivity index (χ2n) is 5.60. The summed E-state index contributed by atoms with van der Waals surface area (Å²) in [5.41, 5.74) is 1.52. The monoisotopic (exact) mass is 386 g/mol. The maximum absolute atomic E-state index is 12.7. The van der Waals surface area contributed by atoms with Gasteiger partial charge < -0.3 is 5.32 Å². The Morgan fingerprint density at radius 1 is 0.923 bits per heavy atom. The van der Waals surface area contributed by atoms with Crippen LogP contribution in [0.15, 0.2) is 82.4 Å². The van der Waals surface area contributed by atoms with E-state index in [2.05, 4.69) is 10.0 Å². The lowest BCUT2D eigenvalue weighted by atomic mass is 10.1. The average molecular weight is 386 g/mol. The van der Waals surface area contributed by atoms with Gasteiger partial charge in [0.25, 0.3) is 10.0 Å². The molecule has 1 atom stereocenters. The highest BCUT2D eigenvalue weighted by molar-refractivity contribution is 7.91. The standard InChI is InChI=1S/C19H18N2O3S2/c22-19(20-14-15-8-3-1-4-9-15)18(16-10-5-2-6-11-16)21-26(23,24)17-12-7-13-25-17/h1-13,18,21H,14H2,(H,20,22). The summed E-state index contributed by atoms with van der Waals surface area (Å²) in [7, 11) is -3.78. The van der Waals surface area contributed by atoms with Gasteiger partial charge in [-0.25, -0.2) is 8.42 Å². The van der Waals surface area contributed by atoms with E-state index in [-0.39, 0.29) is 4.21 Å². The van der Waals surface area contributed by atoms with Crippen LogP contribution in [-0.4, -0.2) is 14.3 Å². The molecule has 0 fully saturated rings. The summed E-state index contributed by atoms with van der Waals surface area (Å²) in [6.45, 7) is 0.323. The Kier molecular flexibility index (Phi) is 5.82. The first kappa shape index (κ1) is 18.3. The fraction of sp³-hybridized carbons (Fsp3) is 0.105. The molecule has 2 aromatic carbocycles. The molecular formula is C19H18N2O3S2. The zero-order valence-corrected chi connectivity index (χ0v) is 15.5. The van der Waals surface area contributed by atoms with E-state index in [1.54, 1.807) is 35.7 Å². The number of carbonyl (C=O) groups excluding carboxylic acids is 1. The van der Waals surface area contributed by atoms with E-state index >= 15 is 0 Å². The van der Waals surface area contributed by atoms with Gasteiger partial charge in [0.05, 0.1) is 0 Å². The number of rotatable bonds is 7. The summed E-state index contributed by atoms with van der Waals surface area (Å²) in [5, 5.41) is 4.49. The molecule has 0 bridgehead atoms. The van der Waals surface area contributed by atoms with Crippen LogP contribution >= 0.6 is 11.3 Å². The summed E-state index contributed by atoms with van der Waals surface area (Å²) < 4.78 is 27.8. The normalized spacial score (nSPS) is 12.5. The van der Waals surface area contributed by atoms with Crippen molar-refractivity contribution >= 4 is 27.3 Å². The summed E-state index contributed by atoms with van der Waals surface area (Å²) >= 11 is 1.11. The molecule has 3 rings (SSSR count). The molecule has 3 aromatic rings. The highest BCUT2D eigenvalue weighted by Crippen LogP contribution is 2.21. The Morgan fingerprint density at radius 2 is 1.58 bits per heavy atom. The maximum Gasteiger partial charge on any atom is 0.251 e. The van der Waals surface area contributed by atoms with Crippen LogP contribution in [0, 0.1) is 0 Å². The number of hydrogen-bond acceptors (Lipinski definition) is 4. The highest BCUT2D eigenvalue weighted by Gasteiger charge is 2.27. The number of amides is 1. The van der Waals surface area contributed by atoms with Crippen molar-refractivity contribution in [2.24, 2.45) is 0 Å². The van der Waals surface area contributed by atoms with Crippen molar-refractivity contribution in [2.45, 2.75) is 16.8 Å². The van der Waals surface area contributed by atoms with Crippen LogP contribution in [0.3, 0.4) is 0 Å². The minimum Gasteiger partial charge on any atom is -0.350 e. The van der Waals surface area contributed by atoms with Gasteiger partial charge in [0.2, 0.25) is 5.91 Å². The molecule has 0 radical (unpaired) electrons. The van der Waals surface area contributed by atoms with Crippen molar-refractivity contribution in [3.63, 3.8) is 0 Å². The van der Waals surface area contributed by atoms with Gasteiger partial charge >= 0.3 is 0 Å². The van der Waals surface area contributed by atoms with Crippen molar-refractivity contribution < 1.29 is 13.2 Å². The third kappa shape index (κ3) is 4.57. The molecule has 1 unspecified atom stereocenters. The lowest BCUT2D eigenvalue weighted by Gasteiger charge is -2.18. The number of sulfonamides is 1. The van der Waals surface area contributed by atoms with Gasteiger partial charge in [0, 0.05) is 6.54 Å². The zero-order chi connectivity index (χ0) is 18.4. The maximum atomic E-state index is 12.7. The minimum atomic E-state index is -3.78. The highest BCUT2D eigenvalue weighted by atomic mass is 32.2. The minimum absolute atomic E-state index is 0.175. The third-order valence-corrected chi connectivity index (χ3v) is 6.56. The predicted molar refractivity (Wildman–Crippen MR) is 102 cm³/mol. The summed E-state index contributed by atoms with van der Waals surface area (Å²) in [4.78, 5) is 12.7. The van der Waals surface area contributed by atoms with E-state index in [1.807, 2.05) is 36.4 Å². The smallest absolute Gasteiger partial charge is 0.251 e. The molecule has 5 nitrogen and oxygen atoms in total. The molecule has 1 aromatic heterocycles. The Labute approximate surface area is 156 Å². The number of benzene rings is 2. The van der Waals surface area contributed by atoms with Gasteiger partial charge in [0.1, 0.15) is 10.3 Å². The topological polar surface area (TPSA) is 75.3 Å².